The number of anilines is 1. The molecule has 0 aliphatic rings. The van der Waals surface area contributed by atoms with Gasteiger partial charge in [-0.1, -0.05) is 18.5 Å². The number of alkyl halides is 2. The summed E-state index contributed by atoms with van der Waals surface area (Å²) >= 11 is 5.49. The highest BCUT2D eigenvalue weighted by molar-refractivity contribution is 6.29. The van der Waals surface area contributed by atoms with E-state index in [2.05, 4.69) is 10.3 Å². The van der Waals surface area contributed by atoms with Gasteiger partial charge in [-0.3, -0.25) is 4.79 Å². The first-order valence-electron chi connectivity index (χ1n) is 4.26. The summed E-state index contributed by atoms with van der Waals surface area (Å²) in [6.07, 6.45) is 0.672. The SMILES string of the molecule is CCC(F)(F)C(=O)Nc1ccc(Cl)nc1. The number of nitrogens with zero attached hydrogens (tertiary/aromatic N) is 1. The number of carbonyl (C=O) groups is 1. The molecule has 1 rings (SSSR count). The molecular formula is C9H9ClF2N2O. The maximum atomic E-state index is 12.9. The number of hydrogen-bond acceptors (Lipinski definition) is 2. The van der Waals surface area contributed by atoms with Crippen LogP contribution in [0.4, 0.5) is 14.5 Å². The van der Waals surface area contributed by atoms with Crippen molar-refractivity contribution in [3.05, 3.63) is 23.5 Å². The minimum absolute atomic E-state index is 0.192. The van der Waals surface area contributed by atoms with Gasteiger partial charge in [0.25, 0.3) is 5.91 Å². The predicted octanol–water partition coefficient (Wildman–Crippen LogP) is 2.72. The summed E-state index contributed by atoms with van der Waals surface area (Å²) in [6, 6.07) is 2.81. The van der Waals surface area contributed by atoms with Crippen LogP contribution in [0.25, 0.3) is 0 Å². The Labute approximate surface area is 90.5 Å². The molecule has 1 N–H and O–H groups in total. The fourth-order valence-electron chi connectivity index (χ4n) is 0.833. The van der Waals surface area contributed by atoms with E-state index in [4.69, 9.17) is 11.6 Å². The fourth-order valence-corrected chi connectivity index (χ4v) is 0.945. The average molecular weight is 235 g/mol. The van der Waals surface area contributed by atoms with Gasteiger partial charge in [0.2, 0.25) is 0 Å². The first kappa shape index (κ1) is 11.8. The standard InChI is InChI=1S/C9H9ClF2N2O/c1-2-9(11,12)8(15)14-6-3-4-7(10)13-5-6/h3-5H,2H2,1H3,(H,14,15). The first-order valence-corrected chi connectivity index (χ1v) is 4.64. The van der Waals surface area contributed by atoms with Crippen LogP contribution >= 0.6 is 11.6 Å². The van der Waals surface area contributed by atoms with E-state index in [-0.39, 0.29) is 10.8 Å². The fraction of sp³-hybridized carbons (Fsp3) is 0.333. The van der Waals surface area contributed by atoms with Crippen LogP contribution in [0.15, 0.2) is 18.3 Å². The Bertz CT molecular complexity index is 354. The second kappa shape index (κ2) is 4.53. The highest BCUT2D eigenvalue weighted by Gasteiger charge is 2.36. The highest BCUT2D eigenvalue weighted by atomic mass is 35.5. The number of carbonyl (C=O) groups excluding carboxylic acids is 1. The lowest BCUT2D eigenvalue weighted by atomic mass is 10.2. The maximum absolute atomic E-state index is 12.9. The van der Waals surface area contributed by atoms with Crippen LogP contribution in [0.5, 0.6) is 0 Å². The van der Waals surface area contributed by atoms with Gasteiger partial charge < -0.3 is 5.32 Å². The third kappa shape index (κ3) is 3.13. The molecule has 1 amide bonds. The van der Waals surface area contributed by atoms with E-state index in [1.165, 1.54) is 25.3 Å². The molecular weight excluding hydrogens is 226 g/mol. The maximum Gasteiger partial charge on any atom is 0.324 e. The topological polar surface area (TPSA) is 42.0 Å². The molecule has 82 valence electrons. The summed E-state index contributed by atoms with van der Waals surface area (Å²) in [5, 5.41) is 2.28. The smallest absolute Gasteiger partial charge is 0.319 e. The van der Waals surface area contributed by atoms with Crippen LogP contribution in [0.3, 0.4) is 0 Å². The zero-order valence-electron chi connectivity index (χ0n) is 7.93. The molecule has 0 radical (unpaired) electrons. The molecule has 1 aromatic heterocycles. The lowest BCUT2D eigenvalue weighted by Gasteiger charge is -2.13. The summed E-state index contributed by atoms with van der Waals surface area (Å²) in [4.78, 5) is 14.7. The molecule has 0 bridgehead atoms. The number of halogens is 3. The Balaban J connectivity index is 2.71. The molecule has 1 heterocycles. The Kier molecular flexibility index (Phi) is 3.57. The Morgan fingerprint density at radius 3 is 2.73 bits per heavy atom. The number of hydrogen-bond donors (Lipinski definition) is 1. The molecule has 0 aliphatic heterocycles. The second-order valence-corrected chi connectivity index (χ2v) is 3.27. The average Bonchev–Trinajstić information content (AvgIpc) is 2.21. The zero-order valence-corrected chi connectivity index (χ0v) is 8.68. The van der Waals surface area contributed by atoms with Gasteiger partial charge in [0.05, 0.1) is 11.9 Å². The third-order valence-electron chi connectivity index (χ3n) is 1.76. The van der Waals surface area contributed by atoms with E-state index in [0.29, 0.717) is 0 Å². The van der Waals surface area contributed by atoms with Crippen molar-refractivity contribution in [3.63, 3.8) is 0 Å². The molecule has 0 spiro atoms. The molecule has 0 atom stereocenters. The van der Waals surface area contributed by atoms with Gasteiger partial charge in [-0.15, -0.1) is 0 Å². The molecule has 3 nitrogen and oxygen atoms in total. The first-order chi connectivity index (χ1) is 6.95. The number of amides is 1. The summed E-state index contributed by atoms with van der Waals surface area (Å²) < 4.78 is 25.7. The largest absolute Gasteiger partial charge is 0.324 e. The van der Waals surface area contributed by atoms with Crippen molar-refractivity contribution in [1.82, 2.24) is 4.98 Å². The quantitative estimate of drug-likeness (QED) is 0.817. The van der Waals surface area contributed by atoms with Crippen LogP contribution in [0.1, 0.15) is 13.3 Å². The minimum Gasteiger partial charge on any atom is -0.319 e. The van der Waals surface area contributed by atoms with Gasteiger partial charge in [0.1, 0.15) is 5.15 Å². The van der Waals surface area contributed by atoms with Gasteiger partial charge in [0.15, 0.2) is 0 Å². The van der Waals surface area contributed by atoms with Gasteiger partial charge >= 0.3 is 5.92 Å². The van der Waals surface area contributed by atoms with Crippen LogP contribution in [-0.2, 0) is 4.79 Å². The van der Waals surface area contributed by atoms with Crippen molar-refractivity contribution in [2.45, 2.75) is 19.3 Å². The monoisotopic (exact) mass is 234 g/mol. The number of aromatic nitrogens is 1. The van der Waals surface area contributed by atoms with E-state index in [9.17, 15) is 13.6 Å². The molecule has 0 aliphatic carbocycles. The van der Waals surface area contributed by atoms with Gasteiger partial charge in [0, 0.05) is 6.42 Å². The molecule has 0 fully saturated rings. The van der Waals surface area contributed by atoms with Gasteiger partial charge in [-0.25, -0.2) is 4.98 Å². The molecule has 0 aromatic carbocycles. The molecule has 6 heteroatoms. The Morgan fingerprint density at radius 1 is 1.60 bits per heavy atom. The summed E-state index contributed by atoms with van der Waals surface area (Å²) in [5.74, 6) is -4.70. The van der Waals surface area contributed by atoms with Crippen molar-refractivity contribution in [1.29, 1.82) is 0 Å². The van der Waals surface area contributed by atoms with E-state index < -0.39 is 18.3 Å². The molecule has 15 heavy (non-hydrogen) atoms. The van der Waals surface area contributed by atoms with Crippen molar-refractivity contribution >= 4 is 23.2 Å². The van der Waals surface area contributed by atoms with E-state index in [1.54, 1.807) is 0 Å². The van der Waals surface area contributed by atoms with Crippen molar-refractivity contribution in [3.8, 4) is 0 Å². The predicted molar refractivity (Wildman–Crippen MR) is 53.1 cm³/mol. The lowest BCUT2D eigenvalue weighted by Crippen LogP contribution is -2.33. The van der Waals surface area contributed by atoms with Gasteiger partial charge in [-0.2, -0.15) is 8.78 Å². The van der Waals surface area contributed by atoms with E-state index in [0.717, 1.165) is 0 Å². The van der Waals surface area contributed by atoms with Gasteiger partial charge in [-0.05, 0) is 12.1 Å². The molecule has 1 aromatic rings. The molecule has 0 unspecified atom stereocenters. The summed E-state index contributed by atoms with van der Waals surface area (Å²) in [6.45, 7) is 1.24. The number of nitrogens with one attached hydrogen (secondary N) is 1. The lowest BCUT2D eigenvalue weighted by molar-refractivity contribution is -0.139. The second-order valence-electron chi connectivity index (χ2n) is 2.88. The number of pyridine rings is 1. The summed E-state index contributed by atoms with van der Waals surface area (Å²) in [7, 11) is 0. The molecule has 0 saturated heterocycles. The third-order valence-corrected chi connectivity index (χ3v) is 1.99. The van der Waals surface area contributed by atoms with Crippen LogP contribution in [-0.4, -0.2) is 16.8 Å². The van der Waals surface area contributed by atoms with Crippen molar-refractivity contribution in [2.75, 3.05) is 5.32 Å². The summed E-state index contributed by atoms with van der Waals surface area (Å²) in [5.41, 5.74) is 0.192. The Hall–Kier alpha value is -1.23. The van der Waals surface area contributed by atoms with Crippen molar-refractivity contribution < 1.29 is 13.6 Å². The normalized spacial score (nSPS) is 11.2. The van der Waals surface area contributed by atoms with E-state index >= 15 is 0 Å². The van der Waals surface area contributed by atoms with Crippen LogP contribution in [0, 0.1) is 0 Å². The minimum atomic E-state index is -3.36. The number of rotatable bonds is 3. The highest BCUT2D eigenvalue weighted by Crippen LogP contribution is 2.20. The van der Waals surface area contributed by atoms with Crippen LogP contribution in [0.2, 0.25) is 5.15 Å². The molecule has 0 saturated carbocycles. The van der Waals surface area contributed by atoms with Crippen molar-refractivity contribution in [2.24, 2.45) is 0 Å². The van der Waals surface area contributed by atoms with Crippen LogP contribution < -0.4 is 5.32 Å². The van der Waals surface area contributed by atoms with E-state index in [1.807, 2.05) is 0 Å². The zero-order chi connectivity index (χ0) is 11.5. The Morgan fingerprint density at radius 2 is 2.27 bits per heavy atom.